The van der Waals surface area contributed by atoms with Crippen molar-refractivity contribution in [1.29, 1.82) is 0 Å². The first-order valence-electron chi connectivity index (χ1n) is 7.20. The molecule has 1 fully saturated rings. The molecule has 0 unspecified atom stereocenters. The van der Waals surface area contributed by atoms with Crippen molar-refractivity contribution in [2.24, 2.45) is 11.1 Å². The van der Waals surface area contributed by atoms with Crippen molar-refractivity contribution in [3.05, 3.63) is 29.8 Å². The zero-order valence-electron chi connectivity index (χ0n) is 11.5. The average molecular weight is 247 g/mol. The van der Waals surface area contributed by atoms with Gasteiger partial charge in [0.15, 0.2) is 0 Å². The molecule has 1 aromatic rings. The van der Waals surface area contributed by atoms with E-state index >= 15 is 0 Å². The van der Waals surface area contributed by atoms with E-state index in [0.29, 0.717) is 0 Å². The summed E-state index contributed by atoms with van der Waals surface area (Å²) in [6, 6.07) is 8.41. The molecule has 2 N–H and O–H groups in total. The molecule has 0 atom stereocenters. The minimum absolute atomic E-state index is 0.223. The van der Waals surface area contributed by atoms with E-state index < -0.39 is 0 Å². The van der Waals surface area contributed by atoms with Crippen LogP contribution in [0.25, 0.3) is 0 Å². The van der Waals surface area contributed by atoms with Crippen molar-refractivity contribution in [2.75, 3.05) is 13.2 Å². The number of nitrogens with two attached hydrogens (primary N) is 1. The van der Waals surface area contributed by atoms with Gasteiger partial charge in [-0.2, -0.15) is 0 Å². The van der Waals surface area contributed by atoms with Gasteiger partial charge in [-0.3, -0.25) is 0 Å². The van der Waals surface area contributed by atoms with Gasteiger partial charge in [-0.15, -0.1) is 0 Å². The van der Waals surface area contributed by atoms with Crippen molar-refractivity contribution >= 4 is 0 Å². The third kappa shape index (κ3) is 3.26. The SMILES string of the molecule is CCc1cccc(OCC2(CN)CCCCC2)c1. The molecular formula is C16H25NO. The highest BCUT2D eigenvalue weighted by molar-refractivity contribution is 5.28. The fourth-order valence-corrected chi connectivity index (χ4v) is 2.80. The summed E-state index contributed by atoms with van der Waals surface area (Å²) in [5, 5.41) is 0. The second-order valence-corrected chi connectivity index (χ2v) is 5.55. The molecule has 2 rings (SSSR count). The number of hydrogen-bond donors (Lipinski definition) is 1. The molecule has 2 heteroatoms. The molecule has 0 heterocycles. The fraction of sp³-hybridized carbons (Fsp3) is 0.625. The Labute approximate surface area is 111 Å². The molecular weight excluding hydrogens is 222 g/mol. The highest BCUT2D eigenvalue weighted by Gasteiger charge is 2.31. The van der Waals surface area contributed by atoms with Gasteiger partial charge in [0.2, 0.25) is 0 Å². The Hall–Kier alpha value is -1.02. The second kappa shape index (κ2) is 6.24. The van der Waals surface area contributed by atoms with E-state index in [0.717, 1.165) is 25.3 Å². The Morgan fingerprint density at radius 2 is 2.00 bits per heavy atom. The van der Waals surface area contributed by atoms with E-state index in [1.165, 1.54) is 37.7 Å². The van der Waals surface area contributed by atoms with Gasteiger partial charge >= 0.3 is 0 Å². The van der Waals surface area contributed by atoms with Gasteiger partial charge in [0.05, 0.1) is 6.61 Å². The van der Waals surface area contributed by atoms with Crippen LogP contribution in [0.5, 0.6) is 5.75 Å². The van der Waals surface area contributed by atoms with Crippen LogP contribution in [0.15, 0.2) is 24.3 Å². The lowest BCUT2D eigenvalue weighted by atomic mass is 9.75. The Balaban J connectivity index is 1.96. The molecule has 0 amide bonds. The molecule has 1 aliphatic carbocycles. The summed E-state index contributed by atoms with van der Waals surface area (Å²) < 4.78 is 6.00. The van der Waals surface area contributed by atoms with Crippen LogP contribution in [0, 0.1) is 5.41 Å². The first kappa shape index (κ1) is 13.4. The molecule has 1 aliphatic rings. The van der Waals surface area contributed by atoms with E-state index in [1.54, 1.807) is 0 Å². The number of benzene rings is 1. The van der Waals surface area contributed by atoms with E-state index in [2.05, 4.69) is 25.1 Å². The van der Waals surface area contributed by atoms with Crippen LogP contribution in [-0.2, 0) is 6.42 Å². The smallest absolute Gasteiger partial charge is 0.119 e. The number of aryl methyl sites for hydroxylation is 1. The van der Waals surface area contributed by atoms with Gasteiger partial charge < -0.3 is 10.5 Å². The molecule has 2 nitrogen and oxygen atoms in total. The quantitative estimate of drug-likeness (QED) is 0.863. The van der Waals surface area contributed by atoms with Crippen LogP contribution in [0.3, 0.4) is 0 Å². The third-order valence-electron chi connectivity index (χ3n) is 4.20. The predicted molar refractivity (Wildman–Crippen MR) is 75.9 cm³/mol. The Bertz CT molecular complexity index is 369. The lowest BCUT2D eigenvalue weighted by molar-refractivity contribution is 0.105. The molecule has 0 radical (unpaired) electrons. The molecule has 100 valence electrons. The zero-order chi connectivity index (χ0) is 12.8. The maximum absolute atomic E-state index is 6.00. The summed E-state index contributed by atoms with van der Waals surface area (Å²) in [5.41, 5.74) is 7.53. The number of ether oxygens (including phenoxy) is 1. The van der Waals surface area contributed by atoms with E-state index in [9.17, 15) is 0 Å². The van der Waals surface area contributed by atoms with Gasteiger partial charge in [-0.25, -0.2) is 0 Å². The monoisotopic (exact) mass is 247 g/mol. The zero-order valence-corrected chi connectivity index (χ0v) is 11.5. The molecule has 0 bridgehead atoms. The second-order valence-electron chi connectivity index (χ2n) is 5.55. The summed E-state index contributed by atoms with van der Waals surface area (Å²) >= 11 is 0. The van der Waals surface area contributed by atoms with Gasteiger partial charge in [0.1, 0.15) is 5.75 Å². The van der Waals surface area contributed by atoms with Crippen LogP contribution in [-0.4, -0.2) is 13.2 Å². The van der Waals surface area contributed by atoms with Crippen molar-refractivity contribution in [3.8, 4) is 5.75 Å². The molecule has 0 spiro atoms. The molecule has 1 aromatic carbocycles. The Kier molecular flexibility index (Phi) is 4.65. The van der Waals surface area contributed by atoms with Gasteiger partial charge in [-0.1, -0.05) is 38.3 Å². The highest BCUT2D eigenvalue weighted by Crippen LogP contribution is 2.35. The number of hydrogen-bond acceptors (Lipinski definition) is 2. The maximum Gasteiger partial charge on any atom is 0.119 e. The standard InChI is InChI=1S/C16H25NO/c1-2-14-7-6-8-15(11-14)18-13-16(12-17)9-4-3-5-10-16/h6-8,11H,2-5,9-10,12-13,17H2,1H3. The Morgan fingerprint density at radius 1 is 1.22 bits per heavy atom. The van der Waals surface area contributed by atoms with Crippen molar-refractivity contribution < 1.29 is 4.74 Å². The summed E-state index contributed by atoms with van der Waals surface area (Å²) in [7, 11) is 0. The number of rotatable bonds is 5. The van der Waals surface area contributed by atoms with Crippen molar-refractivity contribution in [3.63, 3.8) is 0 Å². The molecule has 0 saturated heterocycles. The van der Waals surface area contributed by atoms with E-state index in [-0.39, 0.29) is 5.41 Å². The highest BCUT2D eigenvalue weighted by atomic mass is 16.5. The van der Waals surface area contributed by atoms with Gasteiger partial charge in [-0.05, 0) is 37.0 Å². The average Bonchev–Trinajstić information content (AvgIpc) is 2.46. The van der Waals surface area contributed by atoms with E-state index in [4.69, 9.17) is 10.5 Å². The maximum atomic E-state index is 6.00. The topological polar surface area (TPSA) is 35.2 Å². The van der Waals surface area contributed by atoms with Crippen molar-refractivity contribution in [1.82, 2.24) is 0 Å². The molecule has 0 aliphatic heterocycles. The van der Waals surface area contributed by atoms with Crippen LogP contribution in [0.2, 0.25) is 0 Å². The van der Waals surface area contributed by atoms with Crippen LogP contribution >= 0.6 is 0 Å². The first-order valence-corrected chi connectivity index (χ1v) is 7.20. The summed E-state index contributed by atoms with van der Waals surface area (Å²) in [6.45, 7) is 3.69. The summed E-state index contributed by atoms with van der Waals surface area (Å²) in [6.07, 6.45) is 7.45. The third-order valence-corrected chi connectivity index (χ3v) is 4.20. The molecule has 1 saturated carbocycles. The molecule has 18 heavy (non-hydrogen) atoms. The van der Waals surface area contributed by atoms with Crippen molar-refractivity contribution in [2.45, 2.75) is 45.4 Å². The summed E-state index contributed by atoms with van der Waals surface area (Å²) in [5.74, 6) is 0.993. The van der Waals surface area contributed by atoms with E-state index in [1.807, 2.05) is 6.07 Å². The lowest BCUT2D eigenvalue weighted by Gasteiger charge is -2.35. The minimum Gasteiger partial charge on any atom is -0.493 e. The lowest BCUT2D eigenvalue weighted by Crippen LogP contribution is -2.38. The molecule has 0 aromatic heterocycles. The van der Waals surface area contributed by atoms with Gasteiger partial charge in [0, 0.05) is 12.0 Å². The minimum atomic E-state index is 0.223. The van der Waals surface area contributed by atoms with Gasteiger partial charge in [0.25, 0.3) is 0 Å². The first-order chi connectivity index (χ1) is 8.78. The predicted octanol–water partition coefficient (Wildman–Crippen LogP) is 3.54. The Morgan fingerprint density at radius 3 is 2.67 bits per heavy atom. The fourth-order valence-electron chi connectivity index (χ4n) is 2.80. The van der Waals surface area contributed by atoms with Crippen LogP contribution < -0.4 is 10.5 Å². The van der Waals surface area contributed by atoms with Crippen LogP contribution in [0.1, 0.15) is 44.6 Å². The largest absolute Gasteiger partial charge is 0.493 e. The van der Waals surface area contributed by atoms with Crippen LogP contribution in [0.4, 0.5) is 0 Å². The summed E-state index contributed by atoms with van der Waals surface area (Å²) in [4.78, 5) is 0. The normalized spacial score (nSPS) is 18.6.